The van der Waals surface area contributed by atoms with Crippen molar-refractivity contribution in [2.45, 2.75) is 31.1 Å². The molecule has 3 aromatic rings. The van der Waals surface area contributed by atoms with Crippen LogP contribution < -0.4 is 0 Å². The van der Waals surface area contributed by atoms with E-state index in [4.69, 9.17) is 0 Å². The Labute approximate surface area is 146 Å². The monoisotopic (exact) mass is 356 g/mol. The van der Waals surface area contributed by atoms with Crippen LogP contribution in [-0.4, -0.2) is 29.0 Å². The largest absolute Gasteiger partial charge is 0.573 e. The molecule has 0 fully saturated rings. The van der Waals surface area contributed by atoms with Gasteiger partial charge in [-0.05, 0) is 35.2 Å². The summed E-state index contributed by atoms with van der Waals surface area (Å²) in [5, 5.41) is 13.6. The van der Waals surface area contributed by atoms with Crippen LogP contribution in [0.25, 0.3) is 16.1 Å². The number of hydrogen-bond donors (Lipinski definition) is 1. The van der Waals surface area contributed by atoms with E-state index in [-0.39, 0.29) is 4.90 Å². The van der Waals surface area contributed by atoms with Gasteiger partial charge in [0.05, 0.1) is 4.90 Å². The average Bonchev–Trinajstić information content (AvgIpc) is 3.16. The third-order valence-corrected chi connectivity index (χ3v) is 5.35. The topological polar surface area (TPSA) is 103 Å². The summed E-state index contributed by atoms with van der Waals surface area (Å²) in [4.78, 5) is 0.171. The van der Waals surface area contributed by atoms with Crippen molar-refractivity contribution in [3.8, 4) is 11.4 Å². The summed E-state index contributed by atoms with van der Waals surface area (Å²) in [6.07, 6.45) is 0.999. The minimum absolute atomic E-state index is 0.171. The Bertz CT molecular complexity index is 937. The van der Waals surface area contributed by atoms with Gasteiger partial charge in [-0.25, -0.2) is 8.42 Å². The third-order valence-electron chi connectivity index (χ3n) is 4.03. The van der Waals surface area contributed by atoms with Gasteiger partial charge in [0.1, 0.15) is 10.0 Å². The molecule has 7 nitrogen and oxygen atoms in total. The van der Waals surface area contributed by atoms with Crippen LogP contribution >= 0.6 is 0 Å². The van der Waals surface area contributed by atoms with E-state index >= 15 is 0 Å². The first-order valence-electron chi connectivity index (χ1n) is 7.91. The normalized spacial score (nSPS) is 12.7. The molecule has 0 saturated carbocycles. The molecule has 3 rings (SSSR count). The number of H-pyrrole nitrogens is 1. The zero-order chi connectivity index (χ0) is 17.9. The first-order valence-corrected chi connectivity index (χ1v) is 9.35. The van der Waals surface area contributed by atoms with Crippen LogP contribution in [0.3, 0.4) is 0 Å². The van der Waals surface area contributed by atoms with Crippen LogP contribution in [0.5, 0.6) is 0 Å². The van der Waals surface area contributed by atoms with E-state index < -0.39 is 10.0 Å². The molecule has 1 N–H and O–H groups in total. The maximum Gasteiger partial charge on any atom is 0.204 e. The third kappa shape index (κ3) is 3.85. The van der Waals surface area contributed by atoms with Gasteiger partial charge >= 0.3 is 0 Å². The molecule has 1 aromatic heterocycles. The number of tetrazole rings is 1. The van der Waals surface area contributed by atoms with E-state index in [2.05, 4.69) is 39.2 Å². The van der Waals surface area contributed by atoms with E-state index in [1.165, 1.54) is 0 Å². The summed E-state index contributed by atoms with van der Waals surface area (Å²) in [7, 11) is -3.79. The Hall–Kier alpha value is -2.74. The Morgan fingerprint density at radius 2 is 1.92 bits per heavy atom. The molecule has 8 heteroatoms. The number of aromatic amines is 1. The second-order valence-electron chi connectivity index (χ2n) is 5.73. The van der Waals surface area contributed by atoms with Crippen LogP contribution in [-0.2, 0) is 10.0 Å². The smallest absolute Gasteiger partial charge is 0.204 e. The number of sulfonamides is 1. The number of rotatable bonds is 6. The van der Waals surface area contributed by atoms with Crippen LogP contribution in [0.15, 0.2) is 53.4 Å². The molecule has 130 valence electrons. The van der Waals surface area contributed by atoms with Crippen LogP contribution in [0.2, 0.25) is 0 Å². The Morgan fingerprint density at radius 3 is 2.56 bits per heavy atom. The number of benzene rings is 2. The average molecular weight is 356 g/mol. The molecule has 2 aromatic carbocycles. The molecular weight excluding hydrogens is 338 g/mol. The molecule has 1 atom stereocenters. The van der Waals surface area contributed by atoms with Crippen LogP contribution in [0, 0.1) is 0 Å². The van der Waals surface area contributed by atoms with E-state index in [0.717, 1.165) is 12.0 Å². The molecule has 0 amide bonds. The van der Waals surface area contributed by atoms with Gasteiger partial charge in [-0.2, -0.15) is 5.21 Å². The Kier molecular flexibility index (Phi) is 4.80. The van der Waals surface area contributed by atoms with Gasteiger partial charge in [-0.3, -0.25) is 0 Å². The predicted octanol–water partition coefficient (Wildman–Crippen LogP) is 3.77. The molecule has 0 radical (unpaired) electrons. The van der Waals surface area contributed by atoms with Crippen molar-refractivity contribution in [2.75, 3.05) is 0 Å². The van der Waals surface area contributed by atoms with Gasteiger partial charge in [-0.15, -0.1) is 15.9 Å². The second-order valence-corrected chi connectivity index (χ2v) is 7.33. The summed E-state index contributed by atoms with van der Waals surface area (Å²) >= 11 is 0. The SMILES string of the molecule is CC[C@@H](C)c1ccc(S(=O)(=O)[N-]c2cccc(-c3nn[nH]n3)c2)cc1. The molecular formula is C17H18N5O2S-. The lowest BCUT2D eigenvalue weighted by molar-refractivity contribution is 0.603. The molecule has 1 heterocycles. The van der Waals surface area contributed by atoms with Crippen molar-refractivity contribution in [1.29, 1.82) is 0 Å². The quantitative estimate of drug-likeness (QED) is 0.724. The fourth-order valence-corrected chi connectivity index (χ4v) is 3.36. The molecule has 0 saturated heterocycles. The van der Waals surface area contributed by atoms with E-state index in [1.54, 1.807) is 36.4 Å². The zero-order valence-electron chi connectivity index (χ0n) is 13.9. The van der Waals surface area contributed by atoms with Crippen LogP contribution in [0.4, 0.5) is 5.69 Å². The summed E-state index contributed by atoms with van der Waals surface area (Å²) in [6, 6.07) is 13.6. The van der Waals surface area contributed by atoms with Gasteiger partial charge < -0.3 is 4.72 Å². The van der Waals surface area contributed by atoms with Crippen molar-refractivity contribution in [2.24, 2.45) is 0 Å². The number of nitrogens with one attached hydrogen (secondary N) is 1. The van der Waals surface area contributed by atoms with Crippen LogP contribution in [0.1, 0.15) is 31.7 Å². The first-order chi connectivity index (χ1) is 12.0. The van der Waals surface area contributed by atoms with Crippen molar-refractivity contribution < 1.29 is 8.42 Å². The molecule has 0 unspecified atom stereocenters. The fourth-order valence-electron chi connectivity index (χ4n) is 2.38. The lowest BCUT2D eigenvalue weighted by Crippen LogP contribution is -1.99. The van der Waals surface area contributed by atoms with E-state index in [9.17, 15) is 8.42 Å². The first kappa shape index (κ1) is 17.1. The maximum absolute atomic E-state index is 12.5. The summed E-state index contributed by atoms with van der Waals surface area (Å²) in [6.45, 7) is 4.21. The molecule has 25 heavy (non-hydrogen) atoms. The van der Waals surface area contributed by atoms with Crippen molar-refractivity contribution in [1.82, 2.24) is 20.6 Å². The Balaban J connectivity index is 1.83. The maximum atomic E-state index is 12.5. The number of nitrogens with zero attached hydrogens (tertiary/aromatic N) is 4. The molecule has 0 bridgehead atoms. The summed E-state index contributed by atoms with van der Waals surface area (Å²) in [5.74, 6) is 0.771. The zero-order valence-corrected chi connectivity index (χ0v) is 14.7. The lowest BCUT2D eigenvalue weighted by Gasteiger charge is -2.22. The molecule has 0 aliphatic carbocycles. The minimum Gasteiger partial charge on any atom is -0.573 e. The molecule has 0 aliphatic rings. The van der Waals surface area contributed by atoms with Gasteiger partial charge in [0.25, 0.3) is 0 Å². The number of hydrogen-bond acceptors (Lipinski definition) is 5. The summed E-state index contributed by atoms with van der Waals surface area (Å²) < 4.78 is 29.0. The fraction of sp³-hybridized carbons (Fsp3) is 0.235. The standard InChI is InChI=1S/C17H18N5O2S/c1-3-12(2)13-7-9-16(10-8-13)25(23,24)20-15-6-4-5-14(11-15)17-18-21-22-19-17/h4-12H,3H2,1-2H3,(H,18,19,21,22)/q-1/t12-/m1/s1. The van der Waals surface area contributed by atoms with Crippen molar-refractivity contribution in [3.05, 3.63) is 58.8 Å². The van der Waals surface area contributed by atoms with E-state index in [0.29, 0.717) is 23.0 Å². The van der Waals surface area contributed by atoms with Gasteiger partial charge in [-0.1, -0.05) is 50.2 Å². The van der Waals surface area contributed by atoms with Crippen molar-refractivity contribution in [3.63, 3.8) is 0 Å². The highest BCUT2D eigenvalue weighted by Crippen LogP contribution is 2.31. The molecule has 0 aliphatic heterocycles. The molecule has 0 spiro atoms. The van der Waals surface area contributed by atoms with Gasteiger partial charge in [0.2, 0.25) is 5.82 Å². The Morgan fingerprint density at radius 1 is 1.16 bits per heavy atom. The van der Waals surface area contributed by atoms with E-state index in [1.807, 2.05) is 12.1 Å². The highest BCUT2D eigenvalue weighted by molar-refractivity contribution is 7.94. The highest BCUT2D eigenvalue weighted by atomic mass is 32.2. The predicted molar refractivity (Wildman–Crippen MR) is 95.0 cm³/mol. The highest BCUT2D eigenvalue weighted by Gasteiger charge is 2.08. The van der Waals surface area contributed by atoms with Gasteiger partial charge in [0, 0.05) is 5.56 Å². The minimum atomic E-state index is -3.79. The van der Waals surface area contributed by atoms with Gasteiger partial charge in [0.15, 0.2) is 0 Å². The number of aromatic nitrogens is 4. The lowest BCUT2D eigenvalue weighted by atomic mass is 9.99. The second kappa shape index (κ2) is 7.02. The summed E-state index contributed by atoms with van der Waals surface area (Å²) in [5.41, 5.74) is 2.06. The van der Waals surface area contributed by atoms with Crippen molar-refractivity contribution >= 4 is 15.7 Å².